The Kier molecular flexibility index (Phi) is 4.06. The van der Waals surface area contributed by atoms with Crippen LogP contribution in [0.25, 0.3) is 11.3 Å². The average molecular weight is 305 g/mol. The Labute approximate surface area is 133 Å². The number of Topliss-reactive ketones (excluding diaryl/α,β-unsaturated/α-hetero) is 1. The van der Waals surface area contributed by atoms with Gasteiger partial charge in [-0.05, 0) is 31.2 Å². The number of rotatable bonds is 4. The standard InChI is InChI=1S/C19H15NO3/c1-13(21)14-6-8-15(9-7-14)19-11-10-16(23-19)12-20-17-4-2-3-5-18(17)22/h2-12,22H,1H3. The van der Waals surface area contributed by atoms with Crippen LogP contribution in [0, 0.1) is 0 Å². The second kappa shape index (κ2) is 6.32. The molecule has 3 aromatic rings. The maximum atomic E-state index is 11.3. The van der Waals surface area contributed by atoms with Gasteiger partial charge in [-0.3, -0.25) is 4.79 Å². The molecule has 2 aromatic carbocycles. The molecular weight excluding hydrogens is 290 g/mol. The fourth-order valence-electron chi connectivity index (χ4n) is 2.15. The zero-order chi connectivity index (χ0) is 16.2. The fraction of sp³-hybridized carbons (Fsp3) is 0.0526. The highest BCUT2D eigenvalue weighted by molar-refractivity contribution is 5.94. The van der Waals surface area contributed by atoms with Crippen LogP contribution in [0.2, 0.25) is 0 Å². The second-order valence-electron chi connectivity index (χ2n) is 5.08. The summed E-state index contributed by atoms with van der Waals surface area (Å²) in [5.41, 5.74) is 2.04. The maximum absolute atomic E-state index is 11.3. The average Bonchev–Trinajstić information content (AvgIpc) is 3.03. The Morgan fingerprint density at radius 2 is 1.78 bits per heavy atom. The summed E-state index contributed by atoms with van der Waals surface area (Å²) < 4.78 is 5.72. The molecule has 114 valence electrons. The van der Waals surface area contributed by atoms with E-state index in [-0.39, 0.29) is 11.5 Å². The molecule has 1 N–H and O–H groups in total. The van der Waals surface area contributed by atoms with Crippen molar-refractivity contribution >= 4 is 17.7 Å². The topological polar surface area (TPSA) is 62.8 Å². The van der Waals surface area contributed by atoms with Gasteiger partial charge in [0.2, 0.25) is 0 Å². The first-order valence-corrected chi connectivity index (χ1v) is 7.17. The van der Waals surface area contributed by atoms with Gasteiger partial charge in [-0.1, -0.05) is 36.4 Å². The number of benzene rings is 2. The van der Waals surface area contributed by atoms with Crippen LogP contribution in [0.5, 0.6) is 5.75 Å². The molecule has 0 fully saturated rings. The molecule has 0 aliphatic rings. The van der Waals surface area contributed by atoms with Crippen molar-refractivity contribution in [3.8, 4) is 17.1 Å². The van der Waals surface area contributed by atoms with Gasteiger partial charge in [-0.15, -0.1) is 0 Å². The molecule has 0 bridgehead atoms. The van der Waals surface area contributed by atoms with Crippen molar-refractivity contribution in [1.29, 1.82) is 0 Å². The van der Waals surface area contributed by atoms with Crippen LogP contribution in [-0.2, 0) is 0 Å². The quantitative estimate of drug-likeness (QED) is 0.565. The van der Waals surface area contributed by atoms with Crippen molar-refractivity contribution in [3.05, 3.63) is 72.0 Å². The molecule has 0 spiro atoms. The fourth-order valence-corrected chi connectivity index (χ4v) is 2.15. The molecular formula is C19H15NO3. The molecule has 23 heavy (non-hydrogen) atoms. The number of carbonyl (C=O) groups excluding carboxylic acids is 1. The van der Waals surface area contributed by atoms with E-state index in [1.807, 2.05) is 18.2 Å². The van der Waals surface area contributed by atoms with Gasteiger partial charge in [0.1, 0.15) is 23.0 Å². The summed E-state index contributed by atoms with van der Waals surface area (Å²) in [5, 5.41) is 9.67. The number of nitrogens with zero attached hydrogens (tertiary/aromatic N) is 1. The Hall–Kier alpha value is -3.14. The number of ketones is 1. The van der Waals surface area contributed by atoms with E-state index in [2.05, 4.69) is 4.99 Å². The molecule has 0 aliphatic carbocycles. The van der Waals surface area contributed by atoms with E-state index in [1.165, 1.54) is 6.92 Å². The first kappa shape index (κ1) is 14.8. The molecule has 4 heteroatoms. The number of aliphatic imine (C=N–C) groups is 1. The lowest BCUT2D eigenvalue weighted by atomic mass is 10.1. The molecule has 4 nitrogen and oxygen atoms in total. The van der Waals surface area contributed by atoms with Crippen molar-refractivity contribution in [2.45, 2.75) is 6.92 Å². The van der Waals surface area contributed by atoms with Gasteiger partial charge < -0.3 is 9.52 Å². The smallest absolute Gasteiger partial charge is 0.159 e. The predicted molar refractivity (Wildman–Crippen MR) is 89.5 cm³/mol. The lowest BCUT2D eigenvalue weighted by Crippen LogP contribution is -1.90. The molecule has 0 amide bonds. The van der Waals surface area contributed by atoms with Crippen LogP contribution in [0.3, 0.4) is 0 Å². The van der Waals surface area contributed by atoms with Crippen LogP contribution in [0.15, 0.2) is 70.1 Å². The van der Waals surface area contributed by atoms with Crippen molar-refractivity contribution in [2.24, 2.45) is 4.99 Å². The Morgan fingerprint density at radius 3 is 2.48 bits per heavy atom. The third kappa shape index (κ3) is 3.37. The van der Waals surface area contributed by atoms with Crippen molar-refractivity contribution in [3.63, 3.8) is 0 Å². The Balaban J connectivity index is 1.80. The molecule has 0 saturated heterocycles. The number of phenols is 1. The normalized spacial score (nSPS) is 11.0. The first-order valence-electron chi connectivity index (χ1n) is 7.17. The zero-order valence-corrected chi connectivity index (χ0v) is 12.6. The van der Waals surface area contributed by atoms with Crippen LogP contribution >= 0.6 is 0 Å². The second-order valence-corrected chi connectivity index (χ2v) is 5.08. The van der Waals surface area contributed by atoms with E-state index in [9.17, 15) is 9.90 Å². The van der Waals surface area contributed by atoms with Gasteiger partial charge >= 0.3 is 0 Å². The highest BCUT2D eigenvalue weighted by Gasteiger charge is 2.05. The number of phenolic OH excluding ortho intramolecular Hbond substituents is 1. The number of para-hydroxylation sites is 2. The summed E-state index contributed by atoms with van der Waals surface area (Å²) in [6.45, 7) is 1.54. The van der Waals surface area contributed by atoms with Crippen molar-refractivity contribution in [2.75, 3.05) is 0 Å². The minimum Gasteiger partial charge on any atom is -0.506 e. The third-order valence-electron chi connectivity index (χ3n) is 3.42. The lowest BCUT2D eigenvalue weighted by molar-refractivity contribution is 0.101. The van der Waals surface area contributed by atoms with Crippen LogP contribution in [-0.4, -0.2) is 17.1 Å². The predicted octanol–water partition coefficient (Wildman–Crippen LogP) is 4.61. The van der Waals surface area contributed by atoms with Gasteiger partial charge in [-0.2, -0.15) is 0 Å². The largest absolute Gasteiger partial charge is 0.506 e. The maximum Gasteiger partial charge on any atom is 0.159 e. The monoisotopic (exact) mass is 305 g/mol. The van der Waals surface area contributed by atoms with Gasteiger partial charge in [0.05, 0.1) is 6.21 Å². The van der Waals surface area contributed by atoms with E-state index >= 15 is 0 Å². The van der Waals surface area contributed by atoms with E-state index < -0.39 is 0 Å². The first-order chi connectivity index (χ1) is 11.1. The molecule has 0 aliphatic heterocycles. The summed E-state index contributed by atoms with van der Waals surface area (Å²) >= 11 is 0. The van der Waals surface area contributed by atoms with Gasteiger partial charge in [-0.25, -0.2) is 4.99 Å². The van der Waals surface area contributed by atoms with Gasteiger partial charge in [0.25, 0.3) is 0 Å². The molecule has 0 radical (unpaired) electrons. The third-order valence-corrected chi connectivity index (χ3v) is 3.42. The number of aromatic hydroxyl groups is 1. The lowest BCUT2D eigenvalue weighted by Gasteiger charge is -1.99. The summed E-state index contributed by atoms with van der Waals surface area (Å²) in [4.78, 5) is 15.5. The van der Waals surface area contributed by atoms with E-state index in [1.54, 1.807) is 48.7 Å². The molecule has 1 heterocycles. The number of furan rings is 1. The minimum atomic E-state index is 0.0338. The highest BCUT2D eigenvalue weighted by Crippen LogP contribution is 2.26. The molecule has 1 aromatic heterocycles. The Morgan fingerprint density at radius 1 is 1.04 bits per heavy atom. The summed E-state index contributed by atoms with van der Waals surface area (Å²) in [5.74, 6) is 1.43. The van der Waals surface area contributed by atoms with Crippen LogP contribution < -0.4 is 0 Å². The Bertz CT molecular complexity index is 860. The summed E-state index contributed by atoms with van der Waals surface area (Å²) in [7, 11) is 0. The zero-order valence-electron chi connectivity index (χ0n) is 12.6. The number of hydrogen-bond acceptors (Lipinski definition) is 4. The van der Waals surface area contributed by atoms with Gasteiger partial charge in [0, 0.05) is 11.1 Å². The number of hydrogen-bond donors (Lipinski definition) is 1. The summed E-state index contributed by atoms with van der Waals surface area (Å²) in [6, 6.07) is 17.7. The SMILES string of the molecule is CC(=O)c1ccc(-c2ccc(C=Nc3ccccc3O)o2)cc1. The molecule has 0 atom stereocenters. The van der Waals surface area contributed by atoms with Gasteiger partial charge in [0.15, 0.2) is 5.78 Å². The van der Waals surface area contributed by atoms with Crippen molar-refractivity contribution < 1.29 is 14.3 Å². The molecule has 0 saturated carbocycles. The van der Waals surface area contributed by atoms with E-state index in [0.717, 1.165) is 5.56 Å². The molecule has 0 unspecified atom stereocenters. The minimum absolute atomic E-state index is 0.0338. The highest BCUT2D eigenvalue weighted by atomic mass is 16.3. The summed E-state index contributed by atoms with van der Waals surface area (Å²) in [6.07, 6.45) is 1.56. The number of carbonyl (C=O) groups is 1. The van der Waals surface area contributed by atoms with E-state index in [0.29, 0.717) is 22.8 Å². The van der Waals surface area contributed by atoms with E-state index in [4.69, 9.17) is 4.42 Å². The van der Waals surface area contributed by atoms with Crippen molar-refractivity contribution in [1.82, 2.24) is 0 Å². The molecule has 3 rings (SSSR count). The van der Waals surface area contributed by atoms with Crippen LogP contribution in [0.1, 0.15) is 23.0 Å². The van der Waals surface area contributed by atoms with Crippen LogP contribution in [0.4, 0.5) is 5.69 Å².